The molecule has 10 heteroatoms. The molecule has 3 heterocycles. The third-order valence-electron chi connectivity index (χ3n) is 5.06. The van der Waals surface area contributed by atoms with Crippen LogP contribution in [-0.4, -0.2) is 26.0 Å². The molecule has 1 aromatic carbocycles. The number of carbonyl (C=O) groups excluding carboxylic acids is 1. The van der Waals surface area contributed by atoms with Crippen LogP contribution in [0.1, 0.15) is 32.0 Å². The van der Waals surface area contributed by atoms with Gasteiger partial charge in [-0.2, -0.15) is 5.10 Å². The monoisotopic (exact) mass is 464 g/mol. The highest BCUT2D eigenvalue weighted by molar-refractivity contribution is 5.99. The lowest BCUT2D eigenvalue weighted by molar-refractivity contribution is 0.261. The van der Waals surface area contributed by atoms with Crippen LogP contribution in [0.3, 0.4) is 0 Å². The number of rotatable bonds is 5. The summed E-state index contributed by atoms with van der Waals surface area (Å²) in [6, 6.07) is 7.43. The summed E-state index contributed by atoms with van der Waals surface area (Å²) in [6.07, 6.45) is 5.15. The van der Waals surface area contributed by atoms with Crippen molar-refractivity contribution in [1.29, 1.82) is 0 Å². The average Bonchev–Trinajstić information content (AvgIpc) is 3.43. The molecule has 0 bridgehead atoms. The Hall–Kier alpha value is -4.21. The summed E-state index contributed by atoms with van der Waals surface area (Å²) in [4.78, 5) is 16.7. The second-order valence-corrected chi connectivity index (χ2v) is 8.84. The number of benzene rings is 1. The Balaban J connectivity index is 1.46. The van der Waals surface area contributed by atoms with Gasteiger partial charge in [0.15, 0.2) is 5.82 Å². The molecule has 0 saturated heterocycles. The maximum atomic E-state index is 15.0. The Morgan fingerprint density at radius 3 is 2.65 bits per heavy atom. The van der Waals surface area contributed by atoms with Gasteiger partial charge in [0.2, 0.25) is 5.88 Å². The van der Waals surface area contributed by atoms with Crippen LogP contribution in [0.5, 0.6) is 11.5 Å². The predicted molar refractivity (Wildman–Crippen MR) is 125 cm³/mol. The van der Waals surface area contributed by atoms with Crippen molar-refractivity contribution < 1.29 is 18.4 Å². The molecule has 34 heavy (non-hydrogen) atoms. The van der Waals surface area contributed by atoms with Crippen molar-refractivity contribution in [1.82, 2.24) is 19.9 Å². The highest BCUT2D eigenvalue weighted by Gasteiger charge is 2.20. The van der Waals surface area contributed by atoms with Gasteiger partial charge in [-0.3, -0.25) is 15.0 Å². The normalized spacial score (nSPS) is 11.4. The van der Waals surface area contributed by atoms with Crippen LogP contribution in [0.15, 0.2) is 53.4 Å². The van der Waals surface area contributed by atoms with Gasteiger partial charge in [-0.15, -0.1) is 0 Å². The number of nitrogens with zero attached hydrogens (tertiary/aromatic N) is 4. The first-order chi connectivity index (χ1) is 16.1. The Kier molecular flexibility index (Phi) is 6.06. The number of aromatic nitrogens is 4. The first kappa shape index (κ1) is 23.0. The highest BCUT2D eigenvalue weighted by Crippen LogP contribution is 2.32. The molecule has 0 radical (unpaired) electrons. The van der Waals surface area contributed by atoms with Crippen molar-refractivity contribution in [3.63, 3.8) is 0 Å². The van der Waals surface area contributed by atoms with Crippen LogP contribution in [0, 0.1) is 12.7 Å². The zero-order chi connectivity index (χ0) is 24.5. The lowest BCUT2D eigenvalue weighted by Crippen LogP contribution is -2.20. The quantitative estimate of drug-likeness (QED) is 0.395. The second-order valence-electron chi connectivity index (χ2n) is 8.84. The standard InChI is InChI=1S/C24H25FN6O3/c1-14-19(33-16-8-9-26-18(10-16)15-12-27-31(5)13-15)7-6-17(22(14)25)28-23(32)29-21-11-20(30-34-21)24(2,3)4/h6-13H,1-5H3,(H2,28,29,32). The predicted octanol–water partition coefficient (Wildman–Crippen LogP) is 5.65. The maximum Gasteiger partial charge on any atom is 0.326 e. The van der Waals surface area contributed by atoms with Gasteiger partial charge >= 0.3 is 6.03 Å². The van der Waals surface area contributed by atoms with Crippen LogP contribution >= 0.6 is 0 Å². The summed E-state index contributed by atoms with van der Waals surface area (Å²) in [6.45, 7) is 7.50. The Morgan fingerprint density at radius 1 is 1.18 bits per heavy atom. The molecule has 0 saturated carbocycles. The van der Waals surface area contributed by atoms with Gasteiger partial charge in [0.1, 0.15) is 11.5 Å². The minimum Gasteiger partial charge on any atom is -0.457 e. The molecule has 4 rings (SSSR count). The van der Waals surface area contributed by atoms with E-state index in [4.69, 9.17) is 9.26 Å². The number of hydrogen-bond acceptors (Lipinski definition) is 6. The molecule has 0 spiro atoms. The number of hydrogen-bond donors (Lipinski definition) is 2. The Morgan fingerprint density at radius 2 is 1.97 bits per heavy atom. The van der Waals surface area contributed by atoms with E-state index in [0.717, 1.165) is 5.56 Å². The number of halogens is 1. The minimum absolute atomic E-state index is 0.00341. The van der Waals surface area contributed by atoms with Gasteiger partial charge in [-0.1, -0.05) is 25.9 Å². The fourth-order valence-corrected chi connectivity index (χ4v) is 3.14. The van der Waals surface area contributed by atoms with Crippen molar-refractivity contribution in [2.24, 2.45) is 7.05 Å². The number of ether oxygens (including phenoxy) is 1. The van der Waals surface area contributed by atoms with E-state index in [9.17, 15) is 9.18 Å². The number of pyridine rings is 1. The summed E-state index contributed by atoms with van der Waals surface area (Å²) in [5.74, 6) is 0.371. The molecule has 2 amide bonds. The molecule has 3 aromatic heterocycles. The van der Waals surface area contributed by atoms with Crippen LogP contribution in [0.2, 0.25) is 0 Å². The molecule has 0 aliphatic heterocycles. The van der Waals surface area contributed by atoms with Gasteiger partial charge in [0.25, 0.3) is 0 Å². The summed E-state index contributed by atoms with van der Waals surface area (Å²) in [5.41, 5.74) is 2.22. The second kappa shape index (κ2) is 8.97. The van der Waals surface area contributed by atoms with Crippen LogP contribution < -0.4 is 15.4 Å². The average molecular weight is 465 g/mol. The van der Waals surface area contributed by atoms with Gasteiger partial charge in [-0.25, -0.2) is 9.18 Å². The van der Waals surface area contributed by atoms with E-state index in [1.165, 1.54) is 6.07 Å². The first-order valence-electron chi connectivity index (χ1n) is 10.6. The first-order valence-corrected chi connectivity index (χ1v) is 10.6. The van der Waals surface area contributed by atoms with Gasteiger partial charge in [0, 0.05) is 48.1 Å². The highest BCUT2D eigenvalue weighted by atomic mass is 19.1. The summed E-state index contributed by atoms with van der Waals surface area (Å²) >= 11 is 0. The van der Waals surface area contributed by atoms with Crippen molar-refractivity contribution >= 4 is 17.6 Å². The van der Waals surface area contributed by atoms with E-state index in [2.05, 4.69) is 25.9 Å². The molecule has 0 fully saturated rings. The van der Waals surface area contributed by atoms with E-state index in [-0.39, 0.29) is 22.6 Å². The summed E-state index contributed by atoms with van der Waals surface area (Å²) < 4.78 is 27.7. The number of amides is 2. The van der Waals surface area contributed by atoms with Crippen molar-refractivity contribution in [2.75, 3.05) is 10.6 Å². The molecule has 2 N–H and O–H groups in total. The molecule has 0 atom stereocenters. The molecule has 0 unspecified atom stereocenters. The topological polar surface area (TPSA) is 107 Å². The van der Waals surface area contributed by atoms with Crippen molar-refractivity contribution in [3.05, 3.63) is 66.0 Å². The van der Waals surface area contributed by atoms with Gasteiger partial charge in [0.05, 0.1) is 23.3 Å². The van der Waals surface area contributed by atoms with E-state index in [0.29, 0.717) is 22.9 Å². The summed E-state index contributed by atoms with van der Waals surface area (Å²) in [5, 5.41) is 13.1. The molecule has 0 aliphatic carbocycles. The van der Waals surface area contributed by atoms with Crippen molar-refractivity contribution in [3.8, 4) is 22.8 Å². The number of urea groups is 1. The van der Waals surface area contributed by atoms with Crippen LogP contribution in [0.25, 0.3) is 11.3 Å². The van der Waals surface area contributed by atoms with Gasteiger partial charge < -0.3 is 14.6 Å². The molecule has 9 nitrogen and oxygen atoms in total. The molecule has 176 valence electrons. The van der Waals surface area contributed by atoms with Crippen LogP contribution in [-0.2, 0) is 12.5 Å². The molecular weight excluding hydrogens is 439 g/mol. The largest absolute Gasteiger partial charge is 0.457 e. The molecular formula is C24H25FN6O3. The zero-order valence-electron chi connectivity index (χ0n) is 19.5. The maximum absolute atomic E-state index is 15.0. The minimum atomic E-state index is -0.654. The SMILES string of the molecule is Cc1c(Oc2ccnc(-c3cnn(C)c3)c2)ccc(NC(=O)Nc2cc(C(C)(C)C)no2)c1F. The lowest BCUT2D eigenvalue weighted by Gasteiger charge is -2.13. The fraction of sp³-hybridized carbons (Fsp3) is 0.250. The van der Waals surface area contributed by atoms with E-state index in [1.807, 2.05) is 34.0 Å². The van der Waals surface area contributed by atoms with E-state index >= 15 is 0 Å². The Labute approximate surface area is 195 Å². The number of carbonyl (C=O) groups is 1. The Bertz CT molecular complexity index is 1340. The van der Waals surface area contributed by atoms with Crippen LogP contribution in [0.4, 0.5) is 20.8 Å². The van der Waals surface area contributed by atoms with E-state index in [1.54, 1.807) is 48.3 Å². The lowest BCUT2D eigenvalue weighted by atomic mass is 9.92. The number of anilines is 2. The smallest absolute Gasteiger partial charge is 0.326 e. The molecule has 4 aromatic rings. The molecule has 0 aliphatic rings. The van der Waals surface area contributed by atoms with E-state index < -0.39 is 11.8 Å². The zero-order valence-corrected chi connectivity index (χ0v) is 19.5. The third-order valence-corrected chi connectivity index (χ3v) is 5.06. The fourth-order valence-electron chi connectivity index (χ4n) is 3.14. The number of aryl methyl sites for hydroxylation is 1. The van der Waals surface area contributed by atoms with Crippen molar-refractivity contribution in [2.45, 2.75) is 33.1 Å². The summed E-state index contributed by atoms with van der Waals surface area (Å²) in [7, 11) is 1.82. The van der Waals surface area contributed by atoms with Gasteiger partial charge in [-0.05, 0) is 25.1 Å². The number of nitrogens with one attached hydrogen (secondary N) is 2. The third kappa shape index (κ3) is 5.06.